The van der Waals surface area contributed by atoms with Gasteiger partial charge in [-0.2, -0.15) is 0 Å². The van der Waals surface area contributed by atoms with Crippen LogP contribution in [0.5, 0.6) is 0 Å². The summed E-state index contributed by atoms with van der Waals surface area (Å²) in [4.78, 5) is 0.938. The lowest BCUT2D eigenvalue weighted by molar-refractivity contribution is 0.618. The zero-order chi connectivity index (χ0) is 12.3. The van der Waals surface area contributed by atoms with E-state index in [1.807, 2.05) is 18.2 Å². The number of thioether (sulfide) groups is 1. The molecular weight excluding hydrogens is 233 g/mol. The van der Waals surface area contributed by atoms with Gasteiger partial charge in [0, 0.05) is 16.3 Å². The molecule has 17 heavy (non-hydrogen) atoms. The van der Waals surface area contributed by atoms with Gasteiger partial charge in [-0.3, -0.25) is 0 Å². The summed E-state index contributed by atoms with van der Waals surface area (Å²) >= 11 is 1.63. The van der Waals surface area contributed by atoms with Crippen LogP contribution in [0.1, 0.15) is 11.1 Å². The lowest BCUT2D eigenvalue weighted by Gasteiger charge is -2.07. The first-order chi connectivity index (χ1) is 8.16. The fraction of sp³-hybridized carbons (Fsp3) is 0.143. The van der Waals surface area contributed by atoms with Gasteiger partial charge in [-0.1, -0.05) is 30.3 Å². The Morgan fingerprint density at radius 1 is 1.18 bits per heavy atom. The Hall–Kier alpha value is -1.48. The summed E-state index contributed by atoms with van der Waals surface area (Å²) in [5.41, 5.74) is 8.17. The van der Waals surface area contributed by atoms with E-state index in [2.05, 4.69) is 12.1 Å². The van der Waals surface area contributed by atoms with E-state index in [4.69, 9.17) is 5.73 Å². The minimum absolute atomic E-state index is 0.244. The van der Waals surface area contributed by atoms with E-state index in [1.54, 1.807) is 24.8 Å². The van der Waals surface area contributed by atoms with Crippen molar-refractivity contribution in [2.24, 2.45) is 0 Å². The fourth-order valence-corrected chi connectivity index (χ4v) is 2.53. The maximum Gasteiger partial charge on any atom is 0.128 e. The number of halogens is 1. The van der Waals surface area contributed by atoms with Crippen molar-refractivity contribution >= 4 is 17.4 Å². The highest BCUT2D eigenvalue weighted by Gasteiger charge is 2.05. The van der Waals surface area contributed by atoms with Crippen LogP contribution in [0, 0.1) is 12.7 Å². The summed E-state index contributed by atoms with van der Waals surface area (Å²) in [6.07, 6.45) is 0. The molecular formula is C14H14FNS. The van der Waals surface area contributed by atoms with Gasteiger partial charge in [0.15, 0.2) is 0 Å². The van der Waals surface area contributed by atoms with Crippen LogP contribution in [0.4, 0.5) is 10.1 Å². The molecule has 0 bridgehead atoms. The molecule has 0 unspecified atom stereocenters. The zero-order valence-corrected chi connectivity index (χ0v) is 10.4. The first-order valence-corrected chi connectivity index (χ1v) is 6.37. The molecule has 0 saturated carbocycles. The third-order valence-electron chi connectivity index (χ3n) is 2.53. The van der Waals surface area contributed by atoms with Crippen molar-refractivity contribution in [2.75, 3.05) is 5.73 Å². The summed E-state index contributed by atoms with van der Waals surface area (Å²) < 4.78 is 13.2. The van der Waals surface area contributed by atoms with Crippen molar-refractivity contribution in [3.05, 3.63) is 59.4 Å². The zero-order valence-electron chi connectivity index (χ0n) is 9.61. The number of nitrogen functional groups attached to an aromatic ring is 1. The molecule has 2 aromatic carbocycles. The number of anilines is 1. The van der Waals surface area contributed by atoms with Gasteiger partial charge in [0.1, 0.15) is 5.82 Å². The van der Waals surface area contributed by atoms with Crippen molar-refractivity contribution < 1.29 is 4.39 Å². The van der Waals surface area contributed by atoms with Crippen molar-refractivity contribution in [3.63, 3.8) is 0 Å². The Morgan fingerprint density at radius 2 is 1.88 bits per heavy atom. The molecule has 0 aliphatic carbocycles. The van der Waals surface area contributed by atoms with Crippen molar-refractivity contribution in [2.45, 2.75) is 17.6 Å². The summed E-state index contributed by atoms with van der Waals surface area (Å²) in [5, 5.41) is 0. The molecule has 2 aromatic rings. The Morgan fingerprint density at radius 3 is 2.59 bits per heavy atom. The third kappa shape index (κ3) is 3.01. The predicted molar refractivity (Wildman–Crippen MR) is 71.6 cm³/mol. The van der Waals surface area contributed by atoms with Crippen molar-refractivity contribution in [1.82, 2.24) is 0 Å². The monoisotopic (exact) mass is 247 g/mol. The van der Waals surface area contributed by atoms with Gasteiger partial charge in [-0.15, -0.1) is 11.8 Å². The van der Waals surface area contributed by atoms with Gasteiger partial charge in [-0.25, -0.2) is 4.39 Å². The van der Waals surface area contributed by atoms with E-state index in [-0.39, 0.29) is 5.82 Å². The average molecular weight is 247 g/mol. The molecule has 2 rings (SSSR count). The second-order valence-electron chi connectivity index (χ2n) is 3.91. The maximum absolute atomic E-state index is 13.2. The first kappa shape index (κ1) is 12.0. The molecule has 0 atom stereocenters. The molecule has 0 fully saturated rings. The van der Waals surface area contributed by atoms with Gasteiger partial charge < -0.3 is 5.73 Å². The van der Waals surface area contributed by atoms with E-state index >= 15 is 0 Å². The summed E-state index contributed by atoms with van der Waals surface area (Å²) in [6.45, 7) is 1.75. The van der Waals surface area contributed by atoms with Crippen LogP contribution in [0.15, 0.2) is 47.4 Å². The van der Waals surface area contributed by atoms with Gasteiger partial charge in [-0.05, 0) is 30.2 Å². The highest BCUT2D eigenvalue weighted by atomic mass is 32.2. The minimum Gasteiger partial charge on any atom is -0.398 e. The topological polar surface area (TPSA) is 26.0 Å². The van der Waals surface area contributed by atoms with E-state index in [0.29, 0.717) is 11.3 Å². The Kier molecular flexibility index (Phi) is 3.69. The van der Waals surface area contributed by atoms with E-state index < -0.39 is 0 Å². The number of aryl methyl sites for hydroxylation is 1. The molecule has 0 radical (unpaired) electrons. The van der Waals surface area contributed by atoms with Crippen LogP contribution < -0.4 is 5.73 Å². The number of nitrogens with two attached hydrogens (primary N) is 1. The first-order valence-electron chi connectivity index (χ1n) is 5.39. The molecule has 1 nitrogen and oxygen atoms in total. The highest BCUT2D eigenvalue weighted by Crippen LogP contribution is 2.30. The lowest BCUT2D eigenvalue weighted by atomic mass is 10.2. The SMILES string of the molecule is Cc1cc(SCc2ccccc2)c(N)cc1F. The van der Waals surface area contributed by atoms with Gasteiger partial charge in [0.25, 0.3) is 0 Å². The molecule has 0 aliphatic rings. The molecule has 0 heterocycles. The van der Waals surface area contributed by atoms with E-state index in [0.717, 1.165) is 10.6 Å². The van der Waals surface area contributed by atoms with E-state index in [1.165, 1.54) is 11.6 Å². The largest absolute Gasteiger partial charge is 0.398 e. The summed E-state index contributed by atoms with van der Waals surface area (Å²) in [7, 11) is 0. The second-order valence-corrected chi connectivity index (χ2v) is 4.93. The molecule has 3 heteroatoms. The average Bonchev–Trinajstić information content (AvgIpc) is 2.33. The normalized spacial score (nSPS) is 10.5. The van der Waals surface area contributed by atoms with Crippen molar-refractivity contribution in [1.29, 1.82) is 0 Å². The van der Waals surface area contributed by atoms with Crippen LogP contribution in [0.25, 0.3) is 0 Å². The van der Waals surface area contributed by atoms with Gasteiger partial charge in [0.2, 0.25) is 0 Å². The number of hydrogen-bond acceptors (Lipinski definition) is 2. The highest BCUT2D eigenvalue weighted by molar-refractivity contribution is 7.98. The Labute approximate surface area is 105 Å². The third-order valence-corrected chi connectivity index (χ3v) is 3.67. The molecule has 0 spiro atoms. The predicted octanol–water partition coefficient (Wildman–Crippen LogP) is 4.01. The van der Waals surface area contributed by atoms with Crippen molar-refractivity contribution in [3.8, 4) is 0 Å². The van der Waals surface area contributed by atoms with E-state index in [9.17, 15) is 4.39 Å². The fourth-order valence-electron chi connectivity index (χ4n) is 1.53. The standard InChI is InChI=1S/C14H14FNS/c1-10-7-14(13(16)8-12(10)15)17-9-11-5-3-2-4-6-11/h2-8H,9,16H2,1H3. The lowest BCUT2D eigenvalue weighted by Crippen LogP contribution is -1.93. The van der Waals surface area contributed by atoms with Crippen LogP contribution >= 0.6 is 11.8 Å². The molecule has 0 saturated heterocycles. The Bertz CT molecular complexity index is 511. The summed E-state index contributed by atoms with van der Waals surface area (Å²) in [5.74, 6) is 0.599. The molecule has 88 valence electrons. The molecule has 0 amide bonds. The number of rotatable bonds is 3. The maximum atomic E-state index is 13.2. The van der Waals surface area contributed by atoms with Crippen LogP contribution in [-0.2, 0) is 5.75 Å². The summed E-state index contributed by atoms with van der Waals surface area (Å²) in [6, 6.07) is 13.3. The second kappa shape index (κ2) is 5.23. The minimum atomic E-state index is -0.244. The molecule has 0 aliphatic heterocycles. The Balaban J connectivity index is 2.12. The van der Waals surface area contributed by atoms with Gasteiger partial charge >= 0.3 is 0 Å². The quantitative estimate of drug-likeness (QED) is 0.655. The smallest absolute Gasteiger partial charge is 0.128 e. The molecule has 0 aromatic heterocycles. The van der Waals surface area contributed by atoms with Gasteiger partial charge in [0.05, 0.1) is 0 Å². The van der Waals surface area contributed by atoms with Crippen LogP contribution in [0.2, 0.25) is 0 Å². The molecule has 2 N–H and O–H groups in total. The number of hydrogen-bond donors (Lipinski definition) is 1. The van der Waals surface area contributed by atoms with Crippen LogP contribution in [0.3, 0.4) is 0 Å². The van der Waals surface area contributed by atoms with Crippen LogP contribution in [-0.4, -0.2) is 0 Å². The number of benzene rings is 2.